The molecular formula is C23H22Cl2N4OS2. The summed E-state index contributed by atoms with van der Waals surface area (Å²) < 4.78 is 8.10. The average Bonchev–Trinajstić information content (AvgIpc) is 3.41. The number of benzene rings is 2. The summed E-state index contributed by atoms with van der Waals surface area (Å²) in [6, 6.07) is 13.6. The summed E-state index contributed by atoms with van der Waals surface area (Å²) in [5, 5.41) is 13.8. The van der Waals surface area contributed by atoms with Crippen LogP contribution >= 0.6 is 46.3 Å². The molecule has 0 bridgehead atoms. The van der Waals surface area contributed by atoms with Crippen molar-refractivity contribution in [1.82, 2.24) is 19.7 Å². The predicted octanol–water partition coefficient (Wildman–Crippen LogP) is 7.47. The molecule has 32 heavy (non-hydrogen) atoms. The molecule has 0 aliphatic rings. The van der Waals surface area contributed by atoms with Gasteiger partial charge in [-0.1, -0.05) is 58.7 Å². The van der Waals surface area contributed by atoms with Crippen LogP contribution in [0.25, 0.3) is 10.6 Å². The van der Waals surface area contributed by atoms with Crippen molar-refractivity contribution >= 4 is 46.3 Å². The highest BCUT2D eigenvalue weighted by Gasteiger charge is 2.20. The molecule has 2 heterocycles. The van der Waals surface area contributed by atoms with Crippen molar-refractivity contribution in [2.75, 3.05) is 0 Å². The predicted molar refractivity (Wildman–Crippen MR) is 133 cm³/mol. The van der Waals surface area contributed by atoms with Crippen LogP contribution in [0.2, 0.25) is 10.0 Å². The van der Waals surface area contributed by atoms with E-state index in [1.54, 1.807) is 41.3 Å². The lowest BCUT2D eigenvalue weighted by Gasteiger charge is -2.16. The Morgan fingerprint density at radius 2 is 2.00 bits per heavy atom. The number of aryl methyl sites for hydroxylation is 1. The van der Waals surface area contributed by atoms with E-state index in [2.05, 4.69) is 58.3 Å². The summed E-state index contributed by atoms with van der Waals surface area (Å²) in [5.74, 6) is 2.04. The lowest BCUT2D eigenvalue weighted by Crippen LogP contribution is -2.12. The molecule has 0 saturated carbocycles. The van der Waals surface area contributed by atoms with E-state index in [9.17, 15) is 0 Å². The first-order valence-electron chi connectivity index (χ1n) is 10.1. The third kappa shape index (κ3) is 5.29. The molecule has 0 spiro atoms. The maximum Gasteiger partial charge on any atom is 0.191 e. The molecule has 2 aromatic carbocycles. The molecule has 2 aromatic heterocycles. The van der Waals surface area contributed by atoms with Gasteiger partial charge in [0.1, 0.15) is 10.8 Å². The Hall–Kier alpha value is -2.06. The first-order chi connectivity index (χ1) is 15.4. The number of thioether (sulfide) groups is 1. The van der Waals surface area contributed by atoms with Crippen molar-refractivity contribution in [3.8, 4) is 16.3 Å². The van der Waals surface area contributed by atoms with Gasteiger partial charge in [0, 0.05) is 28.3 Å². The van der Waals surface area contributed by atoms with Gasteiger partial charge in [0.2, 0.25) is 0 Å². The largest absolute Gasteiger partial charge is 0.481 e. The Morgan fingerprint density at radius 1 is 1.16 bits per heavy atom. The molecule has 4 rings (SSSR count). The summed E-state index contributed by atoms with van der Waals surface area (Å²) in [7, 11) is 0. The molecular weight excluding hydrogens is 483 g/mol. The first-order valence-corrected chi connectivity index (χ1v) is 12.8. The second-order valence-electron chi connectivity index (χ2n) is 7.22. The highest BCUT2D eigenvalue weighted by Crippen LogP contribution is 2.32. The number of nitrogens with zero attached hydrogens (tertiary/aromatic N) is 4. The standard InChI is InChI=1S/C23H22Cl2N4OS2/c1-4-29-21(15(3)30-20-9-8-17(24)11-19(20)25)27-28-23(29)32-13-18-12-31-22(26-18)16-7-5-6-14(2)10-16/h5-12,15H,4,13H2,1-3H3. The molecule has 166 valence electrons. The topological polar surface area (TPSA) is 52.8 Å². The lowest BCUT2D eigenvalue weighted by molar-refractivity contribution is 0.210. The fourth-order valence-corrected chi connectivity index (χ4v) is 5.52. The minimum Gasteiger partial charge on any atom is -0.481 e. The van der Waals surface area contributed by atoms with Gasteiger partial charge in [-0.2, -0.15) is 0 Å². The monoisotopic (exact) mass is 504 g/mol. The zero-order valence-electron chi connectivity index (χ0n) is 17.9. The molecule has 0 fully saturated rings. The van der Waals surface area contributed by atoms with Crippen LogP contribution in [0.15, 0.2) is 53.0 Å². The highest BCUT2D eigenvalue weighted by atomic mass is 35.5. The Bertz CT molecular complexity index is 1220. The van der Waals surface area contributed by atoms with E-state index in [0.29, 0.717) is 15.8 Å². The molecule has 0 radical (unpaired) electrons. The van der Waals surface area contributed by atoms with Crippen LogP contribution in [0.5, 0.6) is 5.75 Å². The van der Waals surface area contributed by atoms with Crippen molar-refractivity contribution < 1.29 is 4.74 Å². The third-order valence-corrected chi connectivity index (χ3v) is 7.26. The van der Waals surface area contributed by atoms with Gasteiger partial charge in [-0.05, 0) is 45.0 Å². The van der Waals surface area contributed by atoms with Gasteiger partial charge in [-0.15, -0.1) is 21.5 Å². The van der Waals surface area contributed by atoms with Crippen molar-refractivity contribution in [2.45, 2.75) is 44.3 Å². The summed E-state index contributed by atoms with van der Waals surface area (Å²) in [6.07, 6.45) is -0.317. The van der Waals surface area contributed by atoms with E-state index < -0.39 is 0 Å². The van der Waals surface area contributed by atoms with Crippen LogP contribution in [0, 0.1) is 6.92 Å². The van der Waals surface area contributed by atoms with Crippen molar-refractivity contribution in [3.63, 3.8) is 0 Å². The number of aromatic nitrogens is 4. The Labute approximate surface area is 205 Å². The number of halogens is 2. The van der Waals surface area contributed by atoms with E-state index in [1.165, 1.54) is 5.56 Å². The maximum absolute atomic E-state index is 6.25. The highest BCUT2D eigenvalue weighted by molar-refractivity contribution is 7.98. The average molecular weight is 505 g/mol. The van der Waals surface area contributed by atoms with Gasteiger partial charge in [0.05, 0.1) is 10.7 Å². The van der Waals surface area contributed by atoms with E-state index in [1.807, 2.05) is 6.92 Å². The van der Waals surface area contributed by atoms with Gasteiger partial charge in [-0.25, -0.2) is 4.98 Å². The second-order valence-corrected chi connectivity index (χ2v) is 9.87. The van der Waals surface area contributed by atoms with Gasteiger partial charge in [0.25, 0.3) is 0 Å². The minimum absolute atomic E-state index is 0.317. The molecule has 1 unspecified atom stereocenters. The molecule has 0 N–H and O–H groups in total. The smallest absolute Gasteiger partial charge is 0.191 e. The van der Waals surface area contributed by atoms with Crippen LogP contribution in [-0.4, -0.2) is 19.7 Å². The molecule has 4 aromatic rings. The normalized spacial score (nSPS) is 12.2. The minimum atomic E-state index is -0.317. The maximum atomic E-state index is 6.25. The molecule has 9 heteroatoms. The molecule has 1 atom stereocenters. The van der Waals surface area contributed by atoms with Crippen LogP contribution in [-0.2, 0) is 12.3 Å². The van der Waals surface area contributed by atoms with E-state index >= 15 is 0 Å². The molecule has 0 saturated heterocycles. The van der Waals surface area contributed by atoms with Gasteiger partial charge >= 0.3 is 0 Å². The summed E-state index contributed by atoms with van der Waals surface area (Å²) >= 11 is 15.5. The zero-order valence-corrected chi connectivity index (χ0v) is 21.0. The number of ether oxygens (including phenoxy) is 1. The molecule has 0 amide bonds. The SMILES string of the molecule is CCn1c(SCc2csc(-c3cccc(C)c3)n2)nnc1C(C)Oc1ccc(Cl)cc1Cl. The zero-order chi connectivity index (χ0) is 22.7. The Balaban J connectivity index is 1.45. The lowest BCUT2D eigenvalue weighted by atomic mass is 10.1. The summed E-state index contributed by atoms with van der Waals surface area (Å²) in [5.41, 5.74) is 3.41. The van der Waals surface area contributed by atoms with Gasteiger partial charge in [-0.3, -0.25) is 0 Å². The van der Waals surface area contributed by atoms with E-state index in [-0.39, 0.29) is 6.10 Å². The fourth-order valence-electron chi connectivity index (χ4n) is 3.24. The number of hydrogen-bond acceptors (Lipinski definition) is 6. The number of rotatable bonds is 8. The van der Waals surface area contributed by atoms with Crippen LogP contribution in [0.3, 0.4) is 0 Å². The Morgan fingerprint density at radius 3 is 2.75 bits per heavy atom. The number of hydrogen-bond donors (Lipinski definition) is 0. The molecule has 0 aliphatic heterocycles. The third-order valence-electron chi connectivity index (χ3n) is 4.79. The van der Waals surface area contributed by atoms with Crippen molar-refractivity contribution in [3.05, 3.63) is 75.0 Å². The van der Waals surface area contributed by atoms with Crippen molar-refractivity contribution in [1.29, 1.82) is 0 Å². The summed E-state index contributed by atoms with van der Waals surface area (Å²) in [6.45, 7) is 6.83. The quantitative estimate of drug-likeness (QED) is 0.233. The van der Waals surface area contributed by atoms with E-state index in [4.69, 9.17) is 32.9 Å². The van der Waals surface area contributed by atoms with Crippen LogP contribution in [0.4, 0.5) is 0 Å². The first kappa shape index (κ1) is 23.1. The summed E-state index contributed by atoms with van der Waals surface area (Å²) in [4.78, 5) is 4.80. The number of thiazole rings is 1. The fraction of sp³-hybridized carbons (Fsp3) is 0.261. The molecule has 0 aliphatic carbocycles. The van der Waals surface area contributed by atoms with Gasteiger partial charge < -0.3 is 9.30 Å². The van der Waals surface area contributed by atoms with Gasteiger partial charge in [0.15, 0.2) is 17.1 Å². The Kier molecular flexibility index (Phi) is 7.40. The second kappa shape index (κ2) is 10.3. The van der Waals surface area contributed by atoms with Crippen LogP contribution < -0.4 is 4.74 Å². The molecule has 5 nitrogen and oxygen atoms in total. The van der Waals surface area contributed by atoms with Crippen LogP contribution in [0.1, 0.15) is 37.0 Å². The van der Waals surface area contributed by atoms with E-state index in [0.717, 1.165) is 39.5 Å². The van der Waals surface area contributed by atoms with Crippen molar-refractivity contribution in [2.24, 2.45) is 0 Å².